The minimum atomic E-state index is 0.0262. The van der Waals surface area contributed by atoms with Crippen LogP contribution >= 0.6 is 11.3 Å². The summed E-state index contributed by atoms with van der Waals surface area (Å²) in [6.45, 7) is 7.98. The van der Waals surface area contributed by atoms with Gasteiger partial charge in [-0.05, 0) is 39.3 Å². The van der Waals surface area contributed by atoms with Crippen molar-refractivity contribution in [1.29, 1.82) is 0 Å². The molecule has 0 radical (unpaired) electrons. The Morgan fingerprint density at radius 1 is 1.32 bits per heavy atom. The van der Waals surface area contributed by atoms with Crippen molar-refractivity contribution in [3.63, 3.8) is 0 Å². The van der Waals surface area contributed by atoms with Crippen LogP contribution in [0.15, 0.2) is 17.2 Å². The normalized spacial score (nSPS) is 11.8. The summed E-state index contributed by atoms with van der Waals surface area (Å²) in [6.07, 6.45) is 1.64. The van der Waals surface area contributed by atoms with E-state index in [0.29, 0.717) is 4.70 Å². The summed E-state index contributed by atoms with van der Waals surface area (Å²) in [6, 6.07) is 2.19. The molecule has 0 aliphatic rings. The Labute approximate surface area is 114 Å². The van der Waals surface area contributed by atoms with Crippen molar-refractivity contribution in [1.82, 2.24) is 14.5 Å². The summed E-state index contributed by atoms with van der Waals surface area (Å²) in [5.74, 6) is 0. The van der Waals surface area contributed by atoms with Crippen LogP contribution in [0.2, 0.25) is 0 Å². The van der Waals surface area contributed by atoms with Crippen LogP contribution < -0.4 is 5.56 Å². The van der Waals surface area contributed by atoms with Crippen molar-refractivity contribution in [2.75, 3.05) is 0 Å². The van der Waals surface area contributed by atoms with Crippen LogP contribution in [0.4, 0.5) is 0 Å². The highest BCUT2D eigenvalue weighted by Crippen LogP contribution is 2.30. The molecule has 98 valence electrons. The highest BCUT2D eigenvalue weighted by atomic mass is 32.1. The fraction of sp³-hybridized carbons (Fsp3) is 0.357. The number of aromatic nitrogens is 3. The molecule has 19 heavy (non-hydrogen) atoms. The zero-order valence-corrected chi connectivity index (χ0v) is 12.2. The Morgan fingerprint density at radius 2 is 2.05 bits per heavy atom. The third-order valence-corrected chi connectivity index (χ3v) is 4.47. The molecule has 5 heteroatoms. The minimum absolute atomic E-state index is 0.0262. The van der Waals surface area contributed by atoms with Crippen LogP contribution in [0.25, 0.3) is 20.4 Å². The van der Waals surface area contributed by atoms with E-state index in [1.807, 2.05) is 27.7 Å². The predicted octanol–water partition coefficient (Wildman–Crippen LogP) is 3.20. The van der Waals surface area contributed by atoms with Gasteiger partial charge in [-0.1, -0.05) is 0 Å². The lowest BCUT2D eigenvalue weighted by molar-refractivity contribution is 0.574. The quantitative estimate of drug-likeness (QED) is 0.684. The van der Waals surface area contributed by atoms with Gasteiger partial charge in [-0.25, -0.2) is 9.97 Å². The maximum Gasteiger partial charge on any atom is 0.271 e. The summed E-state index contributed by atoms with van der Waals surface area (Å²) in [5, 5.41) is 0.983. The zero-order valence-electron chi connectivity index (χ0n) is 11.4. The number of pyridine rings is 1. The van der Waals surface area contributed by atoms with E-state index in [0.717, 1.165) is 27.0 Å². The van der Waals surface area contributed by atoms with Gasteiger partial charge in [0.2, 0.25) is 0 Å². The van der Waals surface area contributed by atoms with Crippen molar-refractivity contribution in [2.45, 2.75) is 33.7 Å². The lowest BCUT2D eigenvalue weighted by atomic mass is 10.2. The van der Waals surface area contributed by atoms with Crippen LogP contribution in [0.3, 0.4) is 0 Å². The smallest absolute Gasteiger partial charge is 0.271 e. The molecule has 4 nitrogen and oxygen atoms in total. The number of nitrogens with zero attached hydrogens (tertiary/aromatic N) is 3. The number of hydrogen-bond donors (Lipinski definition) is 0. The lowest BCUT2D eigenvalue weighted by Gasteiger charge is -2.07. The predicted molar refractivity (Wildman–Crippen MR) is 79.0 cm³/mol. The molecular weight excluding hydrogens is 258 g/mol. The molecule has 0 spiro atoms. The number of hydrogen-bond acceptors (Lipinski definition) is 4. The van der Waals surface area contributed by atoms with Crippen LogP contribution in [0.5, 0.6) is 0 Å². The molecule has 0 saturated carbocycles. The molecule has 0 bridgehead atoms. The largest absolute Gasteiger partial charge is 0.295 e. The van der Waals surface area contributed by atoms with Crippen molar-refractivity contribution < 1.29 is 0 Å². The van der Waals surface area contributed by atoms with Gasteiger partial charge in [0.1, 0.15) is 9.53 Å². The van der Waals surface area contributed by atoms with E-state index in [2.05, 4.69) is 16.0 Å². The zero-order chi connectivity index (χ0) is 13.7. The van der Waals surface area contributed by atoms with Crippen molar-refractivity contribution >= 4 is 31.8 Å². The van der Waals surface area contributed by atoms with Crippen LogP contribution in [0, 0.1) is 13.8 Å². The SMILES string of the molecule is Cc1cc2c(nc1C)sc1c(=O)n(C(C)C)cnc12. The van der Waals surface area contributed by atoms with Gasteiger partial charge < -0.3 is 0 Å². The molecule has 0 aliphatic carbocycles. The van der Waals surface area contributed by atoms with E-state index in [1.54, 1.807) is 10.9 Å². The van der Waals surface area contributed by atoms with Gasteiger partial charge in [0.05, 0.1) is 11.8 Å². The highest BCUT2D eigenvalue weighted by Gasteiger charge is 2.14. The Kier molecular flexibility index (Phi) is 2.67. The summed E-state index contributed by atoms with van der Waals surface area (Å²) >= 11 is 1.44. The third-order valence-electron chi connectivity index (χ3n) is 3.40. The molecule has 0 amide bonds. The second kappa shape index (κ2) is 4.13. The topological polar surface area (TPSA) is 47.8 Å². The molecule has 0 saturated heterocycles. The number of thiophene rings is 1. The van der Waals surface area contributed by atoms with Crippen LogP contribution in [0.1, 0.15) is 31.1 Å². The second-order valence-corrected chi connectivity index (χ2v) is 6.07. The molecule has 0 fully saturated rings. The Hall–Kier alpha value is -1.75. The van der Waals surface area contributed by atoms with E-state index in [4.69, 9.17) is 0 Å². The van der Waals surface area contributed by atoms with Gasteiger partial charge >= 0.3 is 0 Å². The molecule has 3 heterocycles. The first-order valence-electron chi connectivity index (χ1n) is 6.26. The van der Waals surface area contributed by atoms with Gasteiger partial charge in [0, 0.05) is 17.1 Å². The van der Waals surface area contributed by atoms with Crippen molar-refractivity contribution in [3.05, 3.63) is 34.0 Å². The molecule has 3 aromatic heterocycles. The molecule has 0 N–H and O–H groups in total. The van der Waals surface area contributed by atoms with Gasteiger partial charge in [-0.2, -0.15) is 0 Å². The lowest BCUT2D eigenvalue weighted by Crippen LogP contribution is -2.21. The number of aryl methyl sites for hydroxylation is 2. The molecule has 0 aromatic carbocycles. The van der Waals surface area contributed by atoms with E-state index < -0.39 is 0 Å². The summed E-state index contributed by atoms with van der Waals surface area (Å²) in [7, 11) is 0. The van der Waals surface area contributed by atoms with Crippen LogP contribution in [-0.4, -0.2) is 14.5 Å². The molecule has 3 aromatic rings. The van der Waals surface area contributed by atoms with Gasteiger partial charge in [-0.15, -0.1) is 11.3 Å². The van der Waals surface area contributed by atoms with Crippen molar-refractivity contribution in [2.24, 2.45) is 0 Å². The van der Waals surface area contributed by atoms with Gasteiger partial charge in [-0.3, -0.25) is 9.36 Å². The standard InChI is InChI=1S/C14H15N3OS/c1-7(2)17-6-15-11-10-5-8(3)9(4)16-13(10)19-12(11)14(17)18/h5-7H,1-4H3. The molecule has 0 unspecified atom stereocenters. The highest BCUT2D eigenvalue weighted by molar-refractivity contribution is 7.25. The minimum Gasteiger partial charge on any atom is -0.295 e. The monoisotopic (exact) mass is 273 g/mol. The average molecular weight is 273 g/mol. The first kappa shape index (κ1) is 12.3. The average Bonchev–Trinajstić information content (AvgIpc) is 2.69. The summed E-state index contributed by atoms with van der Waals surface area (Å²) in [4.78, 5) is 22.3. The van der Waals surface area contributed by atoms with Gasteiger partial charge in [0.15, 0.2) is 0 Å². The fourth-order valence-corrected chi connectivity index (χ4v) is 3.22. The van der Waals surface area contributed by atoms with Gasteiger partial charge in [0.25, 0.3) is 5.56 Å². The molecule has 3 rings (SSSR count). The first-order valence-corrected chi connectivity index (χ1v) is 7.08. The fourth-order valence-electron chi connectivity index (χ4n) is 2.13. The Bertz CT molecular complexity index is 845. The maximum atomic E-state index is 12.4. The number of fused-ring (bicyclic) bond motifs is 3. The van der Waals surface area contributed by atoms with Crippen LogP contribution in [-0.2, 0) is 0 Å². The summed E-state index contributed by atoms with van der Waals surface area (Å²) < 4.78 is 2.36. The number of rotatable bonds is 1. The third kappa shape index (κ3) is 1.76. The summed E-state index contributed by atoms with van der Waals surface area (Å²) in [5.41, 5.74) is 2.93. The van der Waals surface area contributed by atoms with E-state index in [1.165, 1.54) is 11.3 Å². The maximum absolute atomic E-state index is 12.4. The van der Waals surface area contributed by atoms with E-state index in [-0.39, 0.29) is 11.6 Å². The first-order chi connectivity index (χ1) is 8.99. The Balaban J connectivity index is 2.47. The van der Waals surface area contributed by atoms with E-state index in [9.17, 15) is 4.79 Å². The molecular formula is C14H15N3OS. The molecule has 0 aliphatic heterocycles. The second-order valence-electron chi connectivity index (χ2n) is 5.07. The van der Waals surface area contributed by atoms with Crippen molar-refractivity contribution in [3.8, 4) is 0 Å². The van der Waals surface area contributed by atoms with E-state index >= 15 is 0 Å². The molecule has 0 atom stereocenters. The Morgan fingerprint density at radius 3 is 2.74 bits per heavy atom.